The Morgan fingerprint density at radius 2 is 0.692 bits per heavy atom. The molecule has 2 aromatic carbocycles. The molecule has 0 fully saturated rings. The van der Waals surface area contributed by atoms with Crippen molar-refractivity contribution in [1.29, 1.82) is 0 Å². The predicted octanol–water partition coefficient (Wildman–Crippen LogP) is 7.74. The molecule has 2 rings (SSSR count). The molecular formula is C26H38. The fourth-order valence-corrected chi connectivity index (χ4v) is 5.72. The molecule has 0 nitrogen and oxygen atoms in total. The third kappa shape index (κ3) is 3.36. The molecule has 0 amide bonds. The van der Waals surface area contributed by atoms with Crippen LogP contribution in [0.5, 0.6) is 0 Å². The van der Waals surface area contributed by atoms with E-state index in [1.54, 1.807) is 0 Å². The molecule has 0 spiro atoms. The molecule has 0 atom stereocenters. The highest BCUT2D eigenvalue weighted by Crippen LogP contribution is 2.53. The van der Waals surface area contributed by atoms with Crippen molar-refractivity contribution in [3.8, 4) is 0 Å². The maximum atomic E-state index is 2.45. The van der Waals surface area contributed by atoms with E-state index in [2.05, 4.69) is 91.8 Å². The molecule has 0 aromatic heterocycles. The molecule has 0 saturated heterocycles. The first-order valence-electron chi connectivity index (χ1n) is 10.5. The highest BCUT2D eigenvalue weighted by molar-refractivity contribution is 5.44. The van der Waals surface area contributed by atoms with Gasteiger partial charge in [0.2, 0.25) is 0 Å². The number of aryl methyl sites for hydroxylation is 4. The standard InChI is InChI=1S/C26H38/c1-9-25(10-2,23-15-19(5)13-20(6)16-23)26(11-3,12-4)24-17-21(7)14-22(8)18-24/h13-18H,9-12H2,1-8H3. The average molecular weight is 351 g/mol. The second-order valence-electron chi connectivity index (χ2n) is 8.33. The molecule has 0 heterocycles. The molecule has 0 heteroatoms. The molecule has 0 bridgehead atoms. The van der Waals surface area contributed by atoms with Crippen molar-refractivity contribution in [3.63, 3.8) is 0 Å². The molecule has 0 N–H and O–H groups in total. The molecule has 26 heavy (non-hydrogen) atoms. The lowest BCUT2D eigenvalue weighted by Gasteiger charge is -2.51. The van der Waals surface area contributed by atoms with Crippen molar-refractivity contribution in [2.24, 2.45) is 0 Å². The van der Waals surface area contributed by atoms with Crippen molar-refractivity contribution < 1.29 is 0 Å². The summed E-state index contributed by atoms with van der Waals surface area (Å²) in [7, 11) is 0. The van der Waals surface area contributed by atoms with Gasteiger partial charge in [0.15, 0.2) is 0 Å². The van der Waals surface area contributed by atoms with Crippen LogP contribution in [0.15, 0.2) is 36.4 Å². The summed E-state index contributed by atoms with van der Waals surface area (Å²) >= 11 is 0. The Bertz CT molecular complexity index is 637. The lowest BCUT2D eigenvalue weighted by Crippen LogP contribution is -2.48. The molecule has 0 unspecified atom stereocenters. The Hall–Kier alpha value is -1.56. The SMILES string of the molecule is CCC(CC)(c1cc(C)cc(C)c1)C(CC)(CC)c1cc(C)cc(C)c1. The van der Waals surface area contributed by atoms with Crippen molar-refractivity contribution in [1.82, 2.24) is 0 Å². The van der Waals surface area contributed by atoms with Crippen LogP contribution in [0, 0.1) is 27.7 Å². The molecule has 0 aliphatic heterocycles. The van der Waals surface area contributed by atoms with E-state index in [1.165, 1.54) is 59.1 Å². The van der Waals surface area contributed by atoms with E-state index in [4.69, 9.17) is 0 Å². The van der Waals surface area contributed by atoms with Crippen molar-refractivity contribution in [2.75, 3.05) is 0 Å². The molecule has 2 aromatic rings. The van der Waals surface area contributed by atoms with E-state index in [9.17, 15) is 0 Å². The number of hydrogen-bond donors (Lipinski definition) is 0. The Morgan fingerprint density at radius 3 is 0.885 bits per heavy atom. The Morgan fingerprint density at radius 1 is 0.462 bits per heavy atom. The minimum Gasteiger partial charge on any atom is -0.0645 e. The van der Waals surface area contributed by atoms with Gasteiger partial charge in [0.25, 0.3) is 0 Å². The third-order valence-corrected chi connectivity index (χ3v) is 6.88. The van der Waals surface area contributed by atoms with Crippen LogP contribution in [0.25, 0.3) is 0 Å². The number of benzene rings is 2. The summed E-state index contributed by atoms with van der Waals surface area (Å²) in [5, 5.41) is 0. The highest BCUT2D eigenvalue weighted by Gasteiger charge is 2.49. The van der Waals surface area contributed by atoms with Gasteiger partial charge in [-0.1, -0.05) is 86.3 Å². The van der Waals surface area contributed by atoms with E-state index >= 15 is 0 Å². The minimum absolute atomic E-state index is 0.160. The summed E-state index contributed by atoms with van der Waals surface area (Å²) in [5.74, 6) is 0. The van der Waals surface area contributed by atoms with Crippen LogP contribution in [-0.2, 0) is 10.8 Å². The van der Waals surface area contributed by atoms with Crippen LogP contribution in [0.4, 0.5) is 0 Å². The van der Waals surface area contributed by atoms with Gasteiger partial charge in [0, 0.05) is 10.8 Å². The smallest absolute Gasteiger partial charge is 0.00445 e. The predicted molar refractivity (Wildman–Crippen MR) is 116 cm³/mol. The zero-order chi connectivity index (χ0) is 19.5. The summed E-state index contributed by atoms with van der Waals surface area (Å²) in [6.45, 7) is 18.5. The molecular weight excluding hydrogens is 312 g/mol. The van der Waals surface area contributed by atoms with Gasteiger partial charge < -0.3 is 0 Å². The monoisotopic (exact) mass is 350 g/mol. The second-order valence-corrected chi connectivity index (χ2v) is 8.33. The largest absolute Gasteiger partial charge is 0.0645 e. The molecule has 0 saturated carbocycles. The summed E-state index contributed by atoms with van der Waals surface area (Å²) in [4.78, 5) is 0. The first kappa shape index (κ1) is 20.7. The van der Waals surface area contributed by atoms with Gasteiger partial charge in [-0.05, 0) is 64.5 Å². The van der Waals surface area contributed by atoms with Gasteiger partial charge in [-0.15, -0.1) is 0 Å². The van der Waals surface area contributed by atoms with Crippen LogP contribution in [0.1, 0.15) is 86.8 Å². The van der Waals surface area contributed by atoms with E-state index in [0.717, 1.165) is 0 Å². The first-order valence-corrected chi connectivity index (χ1v) is 10.5. The lowest BCUT2D eigenvalue weighted by atomic mass is 9.52. The van der Waals surface area contributed by atoms with Gasteiger partial charge in [-0.2, -0.15) is 0 Å². The highest BCUT2D eigenvalue weighted by atomic mass is 14.5. The fourth-order valence-electron chi connectivity index (χ4n) is 5.72. The van der Waals surface area contributed by atoms with Crippen LogP contribution in [0.2, 0.25) is 0 Å². The maximum absolute atomic E-state index is 2.45. The molecule has 0 radical (unpaired) electrons. The average Bonchev–Trinajstić information content (AvgIpc) is 2.58. The summed E-state index contributed by atoms with van der Waals surface area (Å²) < 4.78 is 0. The van der Waals surface area contributed by atoms with Gasteiger partial charge in [-0.3, -0.25) is 0 Å². The summed E-state index contributed by atoms with van der Waals surface area (Å²) in [6, 6.07) is 14.4. The number of hydrogen-bond acceptors (Lipinski definition) is 0. The Kier molecular flexibility index (Phi) is 6.37. The second kappa shape index (κ2) is 7.99. The van der Waals surface area contributed by atoms with Gasteiger partial charge in [-0.25, -0.2) is 0 Å². The van der Waals surface area contributed by atoms with E-state index < -0.39 is 0 Å². The summed E-state index contributed by atoms with van der Waals surface area (Å²) in [5.41, 5.74) is 8.91. The van der Waals surface area contributed by atoms with Gasteiger partial charge in [0.05, 0.1) is 0 Å². The Labute approximate surface area is 162 Å². The maximum Gasteiger partial charge on any atom is 0.00445 e. The van der Waals surface area contributed by atoms with E-state index in [1.807, 2.05) is 0 Å². The zero-order valence-corrected chi connectivity index (χ0v) is 18.3. The van der Waals surface area contributed by atoms with E-state index in [-0.39, 0.29) is 10.8 Å². The van der Waals surface area contributed by atoms with Crippen LogP contribution < -0.4 is 0 Å². The first-order chi connectivity index (χ1) is 12.3. The Balaban J connectivity index is 2.84. The lowest BCUT2D eigenvalue weighted by molar-refractivity contribution is 0.176. The fraction of sp³-hybridized carbons (Fsp3) is 0.538. The van der Waals surface area contributed by atoms with Gasteiger partial charge in [0.1, 0.15) is 0 Å². The molecule has 0 aliphatic rings. The normalized spacial score (nSPS) is 12.5. The minimum atomic E-state index is 0.160. The summed E-state index contributed by atoms with van der Waals surface area (Å²) in [6.07, 6.45) is 4.67. The van der Waals surface area contributed by atoms with E-state index in [0.29, 0.717) is 0 Å². The molecule has 0 aliphatic carbocycles. The third-order valence-electron chi connectivity index (χ3n) is 6.88. The van der Waals surface area contributed by atoms with Crippen LogP contribution in [-0.4, -0.2) is 0 Å². The van der Waals surface area contributed by atoms with Crippen LogP contribution >= 0.6 is 0 Å². The van der Waals surface area contributed by atoms with Crippen molar-refractivity contribution >= 4 is 0 Å². The molecule has 142 valence electrons. The number of rotatable bonds is 7. The van der Waals surface area contributed by atoms with Crippen molar-refractivity contribution in [3.05, 3.63) is 69.8 Å². The quantitative estimate of drug-likeness (QED) is 0.479. The zero-order valence-electron chi connectivity index (χ0n) is 18.3. The van der Waals surface area contributed by atoms with Crippen molar-refractivity contribution in [2.45, 2.75) is 91.9 Å². The van der Waals surface area contributed by atoms with Crippen LogP contribution in [0.3, 0.4) is 0 Å². The topological polar surface area (TPSA) is 0 Å². The van der Waals surface area contributed by atoms with Gasteiger partial charge >= 0.3 is 0 Å².